The van der Waals surface area contributed by atoms with Crippen molar-refractivity contribution >= 4 is 11.9 Å². The summed E-state index contributed by atoms with van der Waals surface area (Å²) >= 11 is 0. The zero-order valence-corrected chi connectivity index (χ0v) is 18.7. The lowest BCUT2D eigenvalue weighted by Gasteiger charge is -2.31. The van der Waals surface area contributed by atoms with Crippen molar-refractivity contribution in [2.45, 2.75) is 31.9 Å². The smallest absolute Gasteiger partial charge is 0.416 e. The molecule has 1 aliphatic rings. The molecule has 1 aliphatic heterocycles. The molecule has 1 amide bonds. The molecular weight excluding hydrogens is 465 g/mol. The Morgan fingerprint density at radius 2 is 1.86 bits per heavy atom. The van der Waals surface area contributed by atoms with Gasteiger partial charge in [0.2, 0.25) is 11.7 Å². The standard InChI is InChI=1S/C24H23F3N4O4/c25-24(26,27)19-7-5-16(6-8-19)22(32)31-12-9-17(10-13-31)23(33)34-14-2-4-20-29-21(30-35-20)18-3-1-11-28-15-18/h1,3,5-8,11,15,17H,2,4,9-10,12-14H2. The number of hydrogen-bond donors (Lipinski definition) is 0. The average molecular weight is 488 g/mol. The molecule has 35 heavy (non-hydrogen) atoms. The molecule has 0 unspecified atom stereocenters. The maximum Gasteiger partial charge on any atom is 0.416 e. The number of carbonyl (C=O) groups is 2. The van der Waals surface area contributed by atoms with Crippen LogP contribution in [0.5, 0.6) is 0 Å². The van der Waals surface area contributed by atoms with Gasteiger partial charge in [0.15, 0.2) is 0 Å². The van der Waals surface area contributed by atoms with Crippen LogP contribution >= 0.6 is 0 Å². The Bertz CT molecular complexity index is 1140. The van der Waals surface area contributed by atoms with E-state index >= 15 is 0 Å². The highest BCUT2D eigenvalue weighted by molar-refractivity contribution is 5.94. The van der Waals surface area contributed by atoms with Crippen LogP contribution < -0.4 is 0 Å². The van der Waals surface area contributed by atoms with E-state index in [2.05, 4.69) is 15.1 Å². The van der Waals surface area contributed by atoms with Crippen molar-refractivity contribution in [1.82, 2.24) is 20.0 Å². The van der Waals surface area contributed by atoms with Gasteiger partial charge in [0, 0.05) is 43.0 Å². The van der Waals surface area contributed by atoms with Gasteiger partial charge in [-0.2, -0.15) is 18.2 Å². The molecule has 3 aromatic rings. The number of aromatic nitrogens is 3. The summed E-state index contributed by atoms with van der Waals surface area (Å²) in [6.45, 7) is 0.867. The van der Waals surface area contributed by atoms with E-state index in [1.807, 2.05) is 6.07 Å². The number of hydrogen-bond acceptors (Lipinski definition) is 7. The van der Waals surface area contributed by atoms with Gasteiger partial charge in [-0.3, -0.25) is 14.6 Å². The van der Waals surface area contributed by atoms with E-state index in [1.54, 1.807) is 23.4 Å². The predicted octanol–water partition coefficient (Wildman–Crippen LogP) is 4.18. The molecule has 0 aliphatic carbocycles. The quantitative estimate of drug-likeness (QED) is 0.364. The van der Waals surface area contributed by atoms with E-state index in [4.69, 9.17) is 9.26 Å². The topological polar surface area (TPSA) is 98.4 Å². The Kier molecular flexibility index (Phi) is 7.42. The lowest BCUT2D eigenvalue weighted by molar-refractivity contribution is -0.150. The van der Waals surface area contributed by atoms with Crippen molar-refractivity contribution in [3.8, 4) is 11.4 Å². The molecule has 2 aromatic heterocycles. The molecule has 0 N–H and O–H groups in total. The Balaban J connectivity index is 1.18. The van der Waals surface area contributed by atoms with Crippen LogP contribution in [0.3, 0.4) is 0 Å². The number of carbonyl (C=O) groups excluding carboxylic acids is 2. The second-order valence-corrected chi connectivity index (χ2v) is 8.17. The minimum atomic E-state index is -4.45. The second kappa shape index (κ2) is 10.7. The summed E-state index contributed by atoms with van der Waals surface area (Å²) in [4.78, 5) is 34.8. The third-order valence-electron chi connectivity index (χ3n) is 5.74. The highest BCUT2D eigenvalue weighted by Gasteiger charge is 2.31. The summed E-state index contributed by atoms with van der Waals surface area (Å²) in [5, 5.41) is 3.92. The predicted molar refractivity (Wildman–Crippen MR) is 117 cm³/mol. The summed E-state index contributed by atoms with van der Waals surface area (Å²) in [7, 11) is 0. The van der Waals surface area contributed by atoms with Gasteiger partial charge in [-0.15, -0.1) is 0 Å². The van der Waals surface area contributed by atoms with Crippen LogP contribution in [0.2, 0.25) is 0 Å². The summed E-state index contributed by atoms with van der Waals surface area (Å²) in [5.41, 5.74) is 0.132. The second-order valence-electron chi connectivity index (χ2n) is 8.17. The highest BCUT2D eigenvalue weighted by Crippen LogP contribution is 2.29. The van der Waals surface area contributed by atoms with Crippen LogP contribution in [-0.4, -0.2) is 51.6 Å². The van der Waals surface area contributed by atoms with Gasteiger partial charge in [-0.05, 0) is 55.7 Å². The number of esters is 1. The minimum absolute atomic E-state index is 0.187. The van der Waals surface area contributed by atoms with E-state index in [0.29, 0.717) is 50.5 Å². The molecule has 0 radical (unpaired) electrons. The summed E-state index contributed by atoms with van der Waals surface area (Å²) < 4.78 is 48.7. The third kappa shape index (κ3) is 6.23. The number of rotatable bonds is 7. The van der Waals surface area contributed by atoms with Crippen molar-refractivity contribution in [2.75, 3.05) is 19.7 Å². The molecule has 0 bridgehead atoms. The molecule has 11 heteroatoms. The zero-order valence-electron chi connectivity index (χ0n) is 18.7. The maximum absolute atomic E-state index is 12.7. The highest BCUT2D eigenvalue weighted by atomic mass is 19.4. The average Bonchev–Trinajstić information content (AvgIpc) is 3.35. The third-order valence-corrected chi connectivity index (χ3v) is 5.74. The lowest BCUT2D eigenvalue weighted by atomic mass is 9.96. The number of aryl methyl sites for hydroxylation is 1. The van der Waals surface area contributed by atoms with Crippen molar-refractivity contribution in [1.29, 1.82) is 0 Å². The van der Waals surface area contributed by atoms with Crippen molar-refractivity contribution in [3.05, 3.63) is 65.8 Å². The molecule has 4 rings (SSSR count). The lowest BCUT2D eigenvalue weighted by Crippen LogP contribution is -2.40. The van der Waals surface area contributed by atoms with Gasteiger partial charge >= 0.3 is 12.1 Å². The minimum Gasteiger partial charge on any atom is -0.465 e. The Hall–Kier alpha value is -3.76. The molecule has 3 heterocycles. The molecule has 184 valence electrons. The van der Waals surface area contributed by atoms with E-state index < -0.39 is 11.7 Å². The van der Waals surface area contributed by atoms with Crippen LogP contribution in [-0.2, 0) is 22.1 Å². The largest absolute Gasteiger partial charge is 0.465 e. The van der Waals surface area contributed by atoms with Crippen LogP contribution in [0.1, 0.15) is 41.1 Å². The molecule has 0 saturated carbocycles. The Morgan fingerprint density at radius 3 is 2.51 bits per heavy atom. The first-order valence-corrected chi connectivity index (χ1v) is 11.2. The first kappa shape index (κ1) is 24.4. The maximum atomic E-state index is 12.7. The van der Waals surface area contributed by atoms with Gasteiger partial charge in [0.25, 0.3) is 5.91 Å². The van der Waals surface area contributed by atoms with Gasteiger partial charge in [-0.1, -0.05) is 5.16 Å². The van der Waals surface area contributed by atoms with Crippen LogP contribution in [0, 0.1) is 5.92 Å². The van der Waals surface area contributed by atoms with E-state index in [9.17, 15) is 22.8 Å². The Morgan fingerprint density at radius 1 is 1.11 bits per heavy atom. The summed E-state index contributed by atoms with van der Waals surface area (Å²) in [6, 6.07) is 7.74. The van der Waals surface area contributed by atoms with Gasteiger partial charge in [0.05, 0.1) is 18.1 Å². The number of amides is 1. The molecule has 0 atom stereocenters. The molecule has 8 nitrogen and oxygen atoms in total. The number of piperidine rings is 1. The van der Waals surface area contributed by atoms with Crippen LogP contribution in [0.25, 0.3) is 11.4 Å². The summed E-state index contributed by atoms with van der Waals surface area (Å²) in [6.07, 6.45) is 0.687. The number of alkyl halides is 3. The van der Waals surface area contributed by atoms with Gasteiger partial charge < -0.3 is 14.2 Å². The number of likely N-dealkylation sites (tertiary alicyclic amines) is 1. The number of nitrogens with zero attached hydrogens (tertiary/aromatic N) is 4. The van der Waals surface area contributed by atoms with Crippen molar-refractivity contribution in [2.24, 2.45) is 5.92 Å². The normalized spacial score (nSPS) is 14.7. The number of halogens is 3. The monoisotopic (exact) mass is 488 g/mol. The van der Waals surface area contributed by atoms with E-state index in [-0.39, 0.29) is 30.0 Å². The molecule has 1 aromatic carbocycles. The fraction of sp³-hybridized carbons (Fsp3) is 0.375. The first-order valence-electron chi connectivity index (χ1n) is 11.2. The van der Waals surface area contributed by atoms with Gasteiger partial charge in [-0.25, -0.2) is 0 Å². The van der Waals surface area contributed by atoms with E-state index in [0.717, 1.165) is 17.7 Å². The summed E-state index contributed by atoms with van der Waals surface area (Å²) in [5.74, 6) is -0.117. The first-order chi connectivity index (χ1) is 16.8. The molecule has 1 fully saturated rings. The van der Waals surface area contributed by atoms with Crippen LogP contribution in [0.15, 0.2) is 53.3 Å². The fourth-order valence-corrected chi connectivity index (χ4v) is 3.79. The molecule has 0 spiro atoms. The van der Waals surface area contributed by atoms with Crippen molar-refractivity contribution < 1.29 is 32.0 Å². The molecular formula is C24H23F3N4O4. The number of pyridine rings is 1. The van der Waals surface area contributed by atoms with Crippen molar-refractivity contribution in [3.63, 3.8) is 0 Å². The SMILES string of the molecule is O=C(OCCCc1nc(-c2cccnc2)no1)C1CCN(C(=O)c2ccc(C(F)(F)F)cc2)CC1. The number of ether oxygens (including phenoxy) is 1. The van der Waals surface area contributed by atoms with Crippen LogP contribution in [0.4, 0.5) is 13.2 Å². The zero-order chi connectivity index (χ0) is 24.8. The fourth-order valence-electron chi connectivity index (χ4n) is 3.79. The van der Waals surface area contributed by atoms with Gasteiger partial charge in [0.1, 0.15) is 0 Å². The van der Waals surface area contributed by atoms with E-state index in [1.165, 1.54) is 12.1 Å². The number of benzene rings is 1. The molecule has 1 saturated heterocycles. The Labute approximate surface area is 199 Å².